The highest BCUT2D eigenvalue weighted by Gasteiger charge is 2.21. The van der Waals surface area contributed by atoms with Crippen molar-refractivity contribution < 1.29 is 4.79 Å². The van der Waals surface area contributed by atoms with E-state index < -0.39 is 0 Å². The van der Waals surface area contributed by atoms with Gasteiger partial charge >= 0.3 is 0 Å². The molecule has 1 aromatic heterocycles. The average Bonchev–Trinajstić information content (AvgIpc) is 2.47. The van der Waals surface area contributed by atoms with Gasteiger partial charge in [0.2, 0.25) is 5.91 Å². The summed E-state index contributed by atoms with van der Waals surface area (Å²) in [7, 11) is 0. The zero-order chi connectivity index (χ0) is 13.7. The molecule has 2 heterocycles. The average molecular weight is 258 g/mol. The summed E-state index contributed by atoms with van der Waals surface area (Å²) in [5.41, 5.74) is 1.10. The number of carbonyl (C=O) groups is 1. The standard InChI is InChI=1S/C14H18N4O/c1-11(14(19)18-7-3-2-4-8-18)17-12-5-6-16-13(9-12)10-15/h5-6,9,11H,2-4,7-8H2,1H3,(H,16,17). The quantitative estimate of drug-likeness (QED) is 0.897. The Morgan fingerprint density at radius 3 is 2.89 bits per heavy atom. The summed E-state index contributed by atoms with van der Waals surface area (Å²) in [5, 5.41) is 11.9. The minimum atomic E-state index is -0.285. The first-order chi connectivity index (χ1) is 9.20. The highest BCUT2D eigenvalue weighted by molar-refractivity contribution is 5.84. The van der Waals surface area contributed by atoms with Crippen LogP contribution in [-0.2, 0) is 4.79 Å². The fourth-order valence-corrected chi connectivity index (χ4v) is 2.28. The molecule has 1 aliphatic rings. The van der Waals surface area contributed by atoms with Crippen LogP contribution in [0.5, 0.6) is 0 Å². The van der Waals surface area contributed by atoms with Crippen LogP contribution >= 0.6 is 0 Å². The van der Waals surface area contributed by atoms with E-state index in [2.05, 4.69) is 10.3 Å². The Balaban J connectivity index is 1.97. The molecule has 0 aromatic carbocycles. The van der Waals surface area contributed by atoms with E-state index in [0.29, 0.717) is 5.69 Å². The summed E-state index contributed by atoms with van der Waals surface area (Å²) in [6, 6.07) is 5.12. The molecule has 1 aliphatic heterocycles. The van der Waals surface area contributed by atoms with E-state index in [-0.39, 0.29) is 11.9 Å². The molecule has 1 N–H and O–H groups in total. The van der Waals surface area contributed by atoms with E-state index in [4.69, 9.17) is 5.26 Å². The van der Waals surface area contributed by atoms with Gasteiger partial charge in [-0.1, -0.05) is 0 Å². The molecule has 0 radical (unpaired) electrons. The van der Waals surface area contributed by atoms with Crippen LogP contribution in [0.1, 0.15) is 31.9 Å². The zero-order valence-electron chi connectivity index (χ0n) is 11.1. The molecule has 0 aliphatic carbocycles. The van der Waals surface area contributed by atoms with E-state index in [1.54, 1.807) is 18.3 Å². The third-order valence-corrected chi connectivity index (χ3v) is 3.30. The summed E-state index contributed by atoms with van der Waals surface area (Å²) >= 11 is 0. The van der Waals surface area contributed by atoms with Crippen LogP contribution in [0.2, 0.25) is 0 Å². The monoisotopic (exact) mass is 258 g/mol. The number of nitriles is 1. The van der Waals surface area contributed by atoms with Gasteiger partial charge in [0.15, 0.2) is 0 Å². The van der Waals surface area contributed by atoms with Crippen molar-refractivity contribution in [2.24, 2.45) is 0 Å². The van der Waals surface area contributed by atoms with Crippen molar-refractivity contribution in [2.45, 2.75) is 32.2 Å². The lowest BCUT2D eigenvalue weighted by atomic mass is 10.1. The molecule has 1 amide bonds. The lowest BCUT2D eigenvalue weighted by molar-refractivity contribution is -0.132. The van der Waals surface area contributed by atoms with Gasteiger partial charge in [0.1, 0.15) is 17.8 Å². The minimum Gasteiger partial charge on any atom is -0.374 e. The molecule has 19 heavy (non-hydrogen) atoms. The van der Waals surface area contributed by atoms with Crippen LogP contribution in [0, 0.1) is 11.3 Å². The summed E-state index contributed by atoms with van der Waals surface area (Å²) in [5.74, 6) is 0.120. The topological polar surface area (TPSA) is 69.0 Å². The van der Waals surface area contributed by atoms with Crippen LogP contribution in [0.15, 0.2) is 18.3 Å². The summed E-state index contributed by atoms with van der Waals surface area (Å²) in [4.78, 5) is 18.1. The van der Waals surface area contributed by atoms with E-state index in [0.717, 1.165) is 31.6 Å². The molecule has 1 atom stereocenters. The molecule has 0 saturated carbocycles. The molecular weight excluding hydrogens is 240 g/mol. The number of hydrogen-bond donors (Lipinski definition) is 1. The smallest absolute Gasteiger partial charge is 0.244 e. The maximum Gasteiger partial charge on any atom is 0.244 e. The summed E-state index contributed by atoms with van der Waals surface area (Å²) in [6.45, 7) is 3.55. The predicted molar refractivity (Wildman–Crippen MR) is 72.5 cm³/mol. The fourth-order valence-electron chi connectivity index (χ4n) is 2.28. The minimum absolute atomic E-state index is 0.120. The fraction of sp³-hybridized carbons (Fsp3) is 0.500. The SMILES string of the molecule is CC(Nc1ccnc(C#N)c1)C(=O)N1CCCCC1. The number of carbonyl (C=O) groups excluding carboxylic acids is 1. The van der Waals surface area contributed by atoms with Gasteiger partial charge in [0, 0.05) is 25.0 Å². The summed E-state index contributed by atoms with van der Waals surface area (Å²) in [6.07, 6.45) is 4.96. The van der Waals surface area contributed by atoms with Crippen LogP contribution in [0.4, 0.5) is 5.69 Å². The van der Waals surface area contributed by atoms with Gasteiger partial charge in [-0.15, -0.1) is 0 Å². The largest absolute Gasteiger partial charge is 0.374 e. The Bertz CT molecular complexity index is 488. The van der Waals surface area contributed by atoms with Gasteiger partial charge in [-0.2, -0.15) is 5.26 Å². The van der Waals surface area contributed by atoms with E-state index in [1.165, 1.54) is 6.42 Å². The molecule has 100 valence electrons. The predicted octanol–water partition coefficient (Wildman–Crippen LogP) is 1.77. The Kier molecular flexibility index (Phi) is 4.35. The van der Waals surface area contributed by atoms with Crippen molar-refractivity contribution in [3.63, 3.8) is 0 Å². The van der Waals surface area contributed by atoms with E-state index in [1.807, 2.05) is 17.9 Å². The number of aromatic nitrogens is 1. The van der Waals surface area contributed by atoms with Gasteiger partial charge < -0.3 is 10.2 Å². The molecule has 1 saturated heterocycles. The van der Waals surface area contributed by atoms with Gasteiger partial charge in [-0.25, -0.2) is 4.98 Å². The number of amides is 1. The zero-order valence-corrected chi connectivity index (χ0v) is 11.1. The number of anilines is 1. The molecule has 5 heteroatoms. The second-order valence-corrected chi connectivity index (χ2v) is 4.79. The number of likely N-dealkylation sites (tertiary alicyclic amines) is 1. The second kappa shape index (κ2) is 6.19. The lowest BCUT2D eigenvalue weighted by Crippen LogP contribution is -2.43. The normalized spacial score (nSPS) is 16.5. The molecule has 1 unspecified atom stereocenters. The molecular formula is C14H18N4O. The van der Waals surface area contributed by atoms with Crippen LogP contribution in [-0.4, -0.2) is 34.9 Å². The first-order valence-electron chi connectivity index (χ1n) is 6.62. The van der Waals surface area contributed by atoms with Crippen molar-refractivity contribution in [3.05, 3.63) is 24.0 Å². The second-order valence-electron chi connectivity index (χ2n) is 4.79. The number of nitrogens with one attached hydrogen (secondary N) is 1. The van der Waals surface area contributed by atoms with Gasteiger partial charge in [0.25, 0.3) is 0 Å². The number of hydrogen-bond acceptors (Lipinski definition) is 4. The van der Waals surface area contributed by atoms with Gasteiger partial charge in [-0.3, -0.25) is 4.79 Å². The van der Waals surface area contributed by atoms with Crippen molar-refractivity contribution in [3.8, 4) is 6.07 Å². The number of rotatable bonds is 3. The third-order valence-electron chi connectivity index (χ3n) is 3.30. The van der Waals surface area contributed by atoms with Crippen LogP contribution in [0.3, 0.4) is 0 Å². The van der Waals surface area contributed by atoms with Crippen molar-refractivity contribution in [2.75, 3.05) is 18.4 Å². The highest BCUT2D eigenvalue weighted by atomic mass is 16.2. The van der Waals surface area contributed by atoms with E-state index >= 15 is 0 Å². The van der Waals surface area contributed by atoms with Crippen molar-refractivity contribution in [1.82, 2.24) is 9.88 Å². The Hall–Kier alpha value is -2.09. The number of piperidine rings is 1. The maximum atomic E-state index is 12.2. The molecule has 2 rings (SSSR count). The molecule has 5 nitrogen and oxygen atoms in total. The van der Waals surface area contributed by atoms with Crippen LogP contribution in [0.25, 0.3) is 0 Å². The van der Waals surface area contributed by atoms with Gasteiger partial charge in [0.05, 0.1) is 0 Å². The molecule has 0 bridgehead atoms. The molecule has 1 fully saturated rings. The van der Waals surface area contributed by atoms with Crippen molar-refractivity contribution in [1.29, 1.82) is 5.26 Å². The van der Waals surface area contributed by atoms with Crippen LogP contribution < -0.4 is 5.32 Å². The number of nitrogens with zero attached hydrogens (tertiary/aromatic N) is 3. The van der Waals surface area contributed by atoms with E-state index in [9.17, 15) is 4.79 Å². The molecule has 1 aromatic rings. The Labute approximate surface area is 113 Å². The Morgan fingerprint density at radius 2 is 2.21 bits per heavy atom. The number of pyridine rings is 1. The lowest BCUT2D eigenvalue weighted by Gasteiger charge is -2.29. The molecule has 0 spiro atoms. The van der Waals surface area contributed by atoms with Gasteiger partial charge in [-0.05, 0) is 38.3 Å². The highest BCUT2D eigenvalue weighted by Crippen LogP contribution is 2.13. The van der Waals surface area contributed by atoms with Crippen molar-refractivity contribution >= 4 is 11.6 Å². The first-order valence-corrected chi connectivity index (χ1v) is 6.62. The first kappa shape index (κ1) is 13.3. The maximum absolute atomic E-state index is 12.2. The third kappa shape index (κ3) is 3.44. The Morgan fingerprint density at radius 1 is 1.47 bits per heavy atom. The summed E-state index contributed by atoms with van der Waals surface area (Å²) < 4.78 is 0.